The van der Waals surface area contributed by atoms with Crippen LogP contribution in [-0.4, -0.2) is 9.97 Å². The average molecular weight is 260 g/mol. The molecule has 96 valence electrons. The number of hydrogen-bond acceptors (Lipinski definition) is 3. The molecule has 3 nitrogen and oxygen atoms in total. The van der Waals surface area contributed by atoms with Crippen LogP contribution in [0.3, 0.4) is 0 Å². The molecule has 2 aromatic heterocycles. The van der Waals surface area contributed by atoms with Crippen molar-refractivity contribution >= 4 is 22.0 Å². The molecule has 3 heteroatoms. The summed E-state index contributed by atoms with van der Waals surface area (Å²) in [6, 6.07) is 15.9. The number of nitrogens with zero attached hydrogens (tertiary/aromatic N) is 2. The molecule has 0 N–H and O–H groups in total. The molecular weight excluding hydrogens is 248 g/mol. The topological polar surface area (TPSA) is 38.9 Å². The van der Waals surface area contributed by atoms with Crippen molar-refractivity contribution in [2.75, 3.05) is 0 Å². The van der Waals surface area contributed by atoms with Crippen molar-refractivity contribution in [2.24, 2.45) is 0 Å². The van der Waals surface area contributed by atoms with Crippen molar-refractivity contribution in [3.05, 3.63) is 60.3 Å². The summed E-state index contributed by atoms with van der Waals surface area (Å²) in [5.74, 6) is 0.636. The van der Waals surface area contributed by atoms with Gasteiger partial charge < -0.3 is 4.42 Å². The lowest BCUT2D eigenvalue weighted by atomic mass is 10.1. The molecular formula is C17H12N2O. The zero-order chi connectivity index (χ0) is 13.5. The highest BCUT2D eigenvalue weighted by Crippen LogP contribution is 2.27. The van der Waals surface area contributed by atoms with E-state index in [1.54, 1.807) is 0 Å². The lowest BCUT2D eigenvalue weighted by Gasteiger charge is -2.02. The predicted octanol–water partition coefficient (Wildman–Crippen LogP) is 4.35. The Morgan fingerprint density at radius 2 is 1.85 bits per heavy atom. The van der Waals surface area contributed by atoms with Crippen LogP contribution in [0.15, 0.2) is 59.1 Å². The molecule has 0 fully saturated rings. The molecule has 0 unspecified atom stereocenters. The van der Waals surface area contributed by atoms with E-state index >= 15 is 0 Å². The van der Waals surface area contributed by atoms with Gasteiger partial charge >= 0.3 is 0 Å². The maximum absolute atomic E-state index is 5.79. The fourth-order valence-electron chi connectivity index (χ4n) is 2.42. The summed E-state index contributed by atoms with van der Waals surface area (Å²) in [4.78, 5) is 8.93. The van der Waals surface area contributed by atoms with Gasteiger partial charge in [-0.2, -0.15) is 0 Å². The maximum Gasteiger partial charge on any atom is 0.227 e. The number of benzene rings is 2. The molecule has 4 aromatic rings. The van der Waals surface area contributed by atoms with Gasteiger partial charge in [0.15, 0.2) is 5.58 Å². The van der Waals surface area contributed by atoms with Crippen molar-refractivity contribution in [1.82, 2.24) is 9.97 Å². The normalized spacial score (nSPS) is 11.2. The standard InChI is InChI=1S/C17H12N2O/c1-11-8-9-18-15-10-12(6-7-13(11)15)17-19-14-4-2-3-5-16(14)20-17/h2-10H,1H3. The first-order chi connectivity index (χ1) is 9.81. The minimum Gasteiger partial charge on any atom is -0.436 e. The summed E-state index contributed by atoms with van der Waals surface area (Å²) in [6.07, 6.45) is 1.83. The van der Waals surface area contributed by atoms with Gasteiger partial charge in [-0.05, 0) is 42.8 Å². The Hall–Kier alpha value is -2.68. The van der Waals surface area contributed by atoms with E-state index in [2.05, 4.69) is 23.0 Å². The van der Waals surface area contributed by atoms with Crippen molar-refractivity contribution < 1.29 is 4.42 Å². The molecule has 0 aliphatic rings. The molecule has 0 amide bonds. The van der Waals surface area contributed by atoms with Gasteiger partial charge in [-0.25, -0.2) is 4.98 Å². The number of fused-ring (bicyclic) bond motifs is 2. The van der Waals surface area contributed by atoms with Gasteiger partial charge in [0.05, 0.1) is 5.52 Å². The van der Waals surface area contributed by atoms with Gasteiger partial charge in [-0.15, -0.1) is 0 Å². The van der Waals surface area contributed by atoms with E-state index in [-0.39, 0.29) is 0 Å². The second-order valence-corrected chi connectivity index (χ2v) is 4.85. The van der Waals surface area contributed by atoms with Gasteiger partial charge in [0.25, 0.3) is 0 Å². The molecule has 0 bridgehead atoms. The van der Waals surface area contributed by atoms with E-state index < -0.39 is 0 Å². The van der Waals surface area contributed by atoms with E-state index in [1.807, 2.05) is 48.7 Å². The zero-order valence-electron chi connectivity index (χ0n) is 11.0. The Morgan fingerprint density at radius 3 is 2.75 bits per heavy atom. The lowest BCUT2D eigenvalue weighted by molar-refractivity contribution is 0.620. The summed E-state index contributed by atoms with van der Waals surface area (Å²) in [5.41, 5.74) is 4.82. The number of oxazole rings is 1. The average Bonchev–Trinajstić information content (AvgIpc) is 2.91. The Morgan fingerprint density at radius 1 is 0.950 bits per heavy atom. The fourth-order valence-corrected chi connectivity index (χ4v) is 2.42. The third-order valence-electron chi connectivity index (χ3n) is 3.50. The number of rotatable bonds is 1. The molecule has 2 aromatic carbocycles. The van der Waals surface area contributed by atoms with Crippen LogP contribution < -0.4 is 0 Å². The molecule has 0 saturated carbocycles. The monoisotopic (exact) mass is 260 g/mol. The summed E-state index contributed by atoms with van der Waals surface area (Å²) in [6.45, 7) is 2.09. The Balaban J connectivity index is 1.93. The predicted molar refractivity (Wildman–Crippen MR) is 79.5 cm³/mol. The first-order valence-corrected chi connectivity index (χ1v) is 6.52. The van der Waals surface area contributed by atoms with E-state index in [4.69, 9.17) is 4.42 Å². The Bertz CT molecular complexity index is 891. The molecule has 2 heterocycles. The summed E-state index contributed by atoms with van der Waals surface area (Å²) in [5, 5.41) is 1.16. The zero-order valence-corrected chi connectivity index (χ0v) is 11.0. The van der Waals surface area contributed by atoms with Gasteiger partial charge in [0.2, 0.25) is 5.89 Å². The van der Waals surface area contributed by atoms with Crippen LogP contribution in [0.25, 0.3) is 33.5 Å². The molecule has 0 saturated heterocycles. The summed E-state index contributed by atoms with van der Waals surface area (Å²) in [7, 11) is 0. The molecule has 0 spiro atoms. The smallest absolute Gasteiger partial charge is 0.227 e. The number of aryl methyl sites for hydroxylation is 1. The minimum atomic E-state index is 0.636. The molecule has 0 atom stereocenters. The second-order valence-electron chi connectivity index (χ2n) is 4.85. The third kappa shape index (κ3) is 1.67. The molecule has 0 radical (unpaired) electrons. The van der Waals surface area contributed by atoms with E-state index in [0.717, 1.165) is 27.6 Å². The van der Waals surface area contributed by atoms with E-state index in [9.17, 15) is 0 Å². The van der Waals surface area contributed by atoms with Crippen LogP contribution in [0, 0.1) is 6.92 Å². The van der Waals surface area contributed by atoms with E-state index in [1.165, 1.54) is 5.56 Å². The van der Waals surface area contributed by atoms with Gasteiger partial charge in [0, 0.05) is 17.1 Å². The van der Waals surface area contributed by atoms with Crippen molar-refractivity contribution in [3.63, 3.8) is 0 Å². The van der Waals surface area contributed by atoms with Crippen molar-refractivity contribution in [3.8, 4) is 11.5 Å². The number of hydrogen-bond donors (Lipinski definition) is 0. The maximum atomic E-state index is 5.79. The molecule has 0 aliphatic heterocycles. The first-order valence-electron chi connectivity index (χ1n) is 6.52. The Labute approximate surface area is 115 Å². The molecule has 20 heavy (non-hydrogen) atoms. The number of aromatic nitrogens is 2. The number of pyridine rings is 1. The number of para-hydroxylation sites is 2. The first kappa shape index (κ1) is 11.2. The minimum absolute atomic E-state index is 0.636. The second kappa shape index (κ2) is 4.17. The summed E-state index contributed by atoms with van der Waals surface area (Å²) < 4.78 is 5.79. The molecule has 4 rings (SSSR count). The van der Waals surface area contributed by atoms with E-state index in [0.29, 0.717) is 5.89 Å². The highest BCUT2D eigenvalue weighted by molar-refractivity contribution is 5.86. The SMILES string of the molecule is Cc1ccnc2cc(-c3nc4ccccc4o3)ccc12. The highest BCUT2D eigenvalue weighted by Gasteiger charge is 2.09. The van der Waals surface area contributed by atoms with Gasteiger partial charge in [-0.3, -0.25) is 4.98 Å². The lowest BCUT2D eigenvalue weighted by Crippen LogP contribution is -1.84. The van der Waals surface area contributed by atoms with Crippen LogP contribution in [0.4, 0.5) is 0 Å². The van der Waals surface area contributed by atoms with Crippen LogP contribution in [0.5, 0.6) is 0 Å². The van der Waals surface area contributed by atoms with Gasteiger partial charge in [-0.1, -0.05) is 18.2 Å². The van der Waals surface area contributed by atoms with Crippen LogP contribution >= 0.6 is 0 Å². The quantitative estimate of drug-likeness (QED) is 0.510. The highest BCUT2D eigenvalue weighted by atomic mass is 16.3. The Kier molecular flexibility index (Phi) is 2.33. The largest absolute Gasteiger partial charge is 0.436 e. The molecule has 0 aliphatic carbocycles. The summed E-state index contributed by atoms with van der Waals surface area (Å²) >= 11 is 0. The van der Waals surface area contributed by atoms with Crippen LogP contribution in [0.1, 0.15) is 5.56 Å². The van der Waals surface area contributed by atoms with Crippen molar-refractivity contribution in [1.29, 1.82) is 0 Å². The third-order valence-corrected chi connectivity index (χ3v) is 3.50. The van der Waals surface area contributed by atoms with Crippen LogP contribution in [-0.2, 0) is 0 Å². The fraction of sp³-hybridized carbons (Fsp3) is 0.0588. The van der Waals surface area contributed by atoms with Gasteiger partial charge in [0.1, 0.15) is 5.52 Å². The van der Waals surface area contributed by atoms with Crippen molar-refractivity contribution in [2.45, 2.75) is 6.92 Å². The van der Waals surface area contributed by atoms with Crippen LogP contribution in [0.2, 0.25) is 0 Å².